The SMILES string of the molecule is C=C1CN(Cc2ccn3ncc(N4CCC(=O)NC4=O)c3c2)CCN1C(=O)C(C)C. The minimum Gasteiger partial charge on any atom is -0.314 e. The number of amides is 4. The van der Waals surface area contributed by atoms with Gasteiger partial charge < -0.3 is 4.90 Å². The molecular weight excluding hydrogens is 384 g/mol. The van der Waals surface area contributed by atoms with Gasteiger partial charge in [-0.05, 0) is 17.7 Å². The van der Waals surface area contributed by atoms with Crippen molar-refractivity contribution >= 4 is 29.0 Å². The summed E-state index contributed by atoms with van der Waals surface area (Å²) in [5.74, 6) is -0.190. The Balaban J connectivity index is 1.49. The van der Waals surface area contributed by atoms with E-state index in [1.807, 2.05) is 32.2 Å². The monoisotopic (exact) mass is 410 g/mol. The number of nitrogens with zero attached hydrogens (tertiary/aromatic N) is 5. The van der Waals surface area contributed by atoms with Gasteiger partial charge in [0.1, 0.15) is 0 Å². The number of piperazine rings is 1. The molecule has 30 heavy (non-hydrogen) atoms. The predicted molar refractivity (Wildman–Crippen MR) is 112 cm³/mol. The Bertz CT molecular complexity index is 1030. The van der Waals surface area contributed by atoms with Crippen LogP contribution in [-0.2, 0) is 16.1 Å². The Kier molecular flexibility index (Phi) is 5.29. The fraction of sp³-hybridized carbons (Fsp3) is 0.429. The molecular formula is C21H26N6O3. The van der Waals surface area contributed by atoms with Crippen molar-refractivity contribution in [3.8, 4) is 0 Å². The fourth-order valence-corrected chi connectivity index (χ4v) is 3.90. The topological polar surface area (TPSA) is 90.3 Å². The molecule has 0 atom stereocenters. The number of urea groups is 1. The quantitative estimate of drug-likeness (QED) is 0.827. The molecule has 2 aliphatic heterocycles. The highest BCUT2D eigenvalue weighted by atomic mass is 16.2. The van der Waals surface area contributed by atoms with Crippen molar-refractivity contribution in [3.63, 3.8) is 0 Å². The van der Waals surface area contributed by atoms with Crippen molar-refractivity contribution in [2.45, 2.75) is 26.8 Å². The Labute approximate surface area is 174 Å². The summed E-state index contributed by atoms with van der Waals surface area (Å²) in [5.41, 5.74) is 3.39. The van der Waals surface area contributed by atoms with Crippen LogP contribution in [-0.4, -0.2) is 63.4 Å². The van der Waals surface area contributed by atoms with E-state index < -0.39 is 6.03 Å². The van der Waals surface area contributed by atoms with Gasteiger partial charge in [-0.3, -0.25) is 24.7 Å². The second kappa shape index (κ2) is 7.91. The van der Waals surface area contributed by atoms with Gasteiger partial charge in [0.25, 0.3) is 0 Å². The first kappa shape index (κ1) is 20.1. The molecule has 1 N–H and O–H groups in total. The van der Waals surface area contributed by atoms with E-state index in [1.54, 1.807) is 20.5 Å². The molecule has 2 fully saturated rings. The van der Waals surface area contributed by atoms with Crippen LogP contribution in [0.4, 0.5) is 10.5 Å². The Morgan fingerprint density at radius 3 is 2.77 bits per heavy atom. The zero-order chi connectivity index (χ0) is 21.4. The van der Waals surface area contributed by atoms with Crippen LogP contribution in [0.2, 0.25) is 0 Å². The molecule has 158 valence electrons. The maximum atomic E-state index is 12.3. The summed E-state index contributed by atoms with van der Waals surface area (Å²) in [5, 5.41) is 6.68. The Morgan fingerprint density at radius 2 is 2.07 bits per heavy atom. The highest BCUT2D eigenvalue weighted by Crippen LogP contribution is 2.25. The summed E-state index contributed by atoms with van der Waals surface area (Å²) >= 11 is 0. The number of hydrogen-bond donors (Lipinski definition) is 1. The number of pyridine rings is 1. The lowest BCUT2D eigenvalue weighted by molar-refractivity contribution is -0.133. The maximum absolute atomic E-state index is 12.3. The van der Waals surface area contributed by atoms with Gasteiger partial charge in [-0.25, -0.2) is 9.31 Å². The number of fused-ring (bicyclic) bond motifs is 1. The first-order chi connectivity index (χ1) is 14.3. The smallest absolute Gasteiger partial charge is 0.314 e. The van der Waals surface area contributed by atoms with Crippen LogP contribution in [0.1, 0.15) is 25.8 Å². The van der Waals surface area contributed by atoms with Gasteiger partial charge >= 0.3 is 6.03 Å². The molecule has 4 amide bonds. The van der Waals surface area contributed by atoms with Crippen LogP contribution < -0.4 is 10.2 Å². The number of carbonyl (C=O) groups is 3. The number of imide groups is 1. The van der Waals surface area contributed by atoms with Crippen LogP contribution in [0.5, 0.6) is 0 Å². The molecule has 0 aromatic carbocycles. The summed E-state index contributed by atoms with van der Waals surface area (Å²) in [6.45, 7) is 11.0. The number of rotatable bonds is 4. The maximum Gasteiger partial charge on any atom is 0.328 e. The molecule has 9 heteroatoms. The summed E-state index contributed by atoms with van der Waals surface area (Å²) < 4.78 is 1.72. The van der Waals surface area contributed by atoms with Crippen LogP contribution in [0.3, 0.4) is 0 Å². The second-order valence-electron chi connectivity index (χ2n) is 8.07. The molecule has 4 heterocycles. The third-order valence-corrected chi connectivity index (χ3v) is 5.50. The molecule has 2 aromatic heterocycles. The molecule has 0 bridgehead atoms. The number of nitrogens with one attached hydrogen (secondary N) is 1. The molecule has 9 nitrogen and oxygen atoms in total. The van der Waals surface area contributed by atoms with Gasteiger partial charge in [-0.15, -0.1) is 0 Å². The second-order valence-corrected chi connectivity index (χ2v) is 8.07. The normalized spacial score (nSPS) is 18.4. The van der Waals surface area contributed by atoms with Crippen LogP contribution in [0, 0.1) is 5.92 Å². The van der Waals surface area contributed by atoms with Gasteiger partial charge in [0.05, 0.1) is 17.4 Å². The lowest BCUT2D eigenvalue weighted by atomic mass is 10.1. The van der Waals surface area contributed by atoms with Crippen LogP contribution in [0.25, 0.3) is 5.52 Å². The molecule has 2 aliphatic rings. The van der Waals surface area contributed by atoms with Crippen molar-refractivity contribution in [2.24, 2.45) is 5.92 Å². The number of hydrogen-bond acceptors (Lipinski definition) is 5. The minimum atomic E-state index is -0.422. The van der Waals surface area contributed by atoms with E-state index in [-0.39, 0.29) is 24.2 Å². The van der Waals surface area contributed by atoms with E-state index in [0.717, 1.165) is 23.3 Å². The van der Waals surface area contributed by atoms with Gasteiger partial charge in [0, 0.05) is 57.0 Å². The molecule has 0 saturated carbocycles. The highest BCUT2D eigenvalue weighted by molar-refractivity contribution is 6.07. The van der Waals surface area contributed by atoms with E-state index in [4.69, 9.17) is 0 Å². The predicted octanol–water partition coefficient (Wildman–Crippen LogP) is 1.59. The average molecular weight is 410 g/mol. The lowest BCUT2D eigenvalue weighted by Crippen LogP contribution is -2.49. The molecule has 0 spiro atoms. The van der Waals surface area contributed by atoms with E-state index in [9.17, 15) is 14.4 Å². The third kappa shape index (κ3) is 3.80. The van der Waals surface area contributed by atoms with Gasteiger partial charge in [-0.2, -0.15) is 5.10 Å². The summed E-state index contributed by atoms with van der Waals surface area (Å²) in [7, 11) is 0. The van der Waals surface area contributed by atoms with Gasteiger partial charge in [-0.1, -0.05) is 20.4 Å². The largest absolute Gasteiger partial charge is 0.328 e. The average Bonchev–Trinajstić information content (AvgIpc) is 3.10. The zero-order valence-corrected chi connectivity index (χ0v) is 17.3. The number of anilines is 1. The summed E-state index contributed by atoms with van der Waals surface area (Å²) in [6.07, 6.45) is 3.78. The first-order valence-electron chi connectivity index (χ1n) is 10.1. The Morgan fingerprint density at radius 1 is 1.27 bits per heavy atom. The standard InChI is InChI=1S/C21H26N6O3/c1-14(2)20(29)25-9-8-24(12-15(25)3)13-16-4-7-27-17(10-16)18(11-22-27)26-6-5-19(28)23-21(26)30/h4,7,10-11,14H,3,5-6,8-9,12-13H2,1-2H3,(H,23,28,30). The molecule has 4 rings (SSSR count). The van der Waals surface area contributed by atoms with E-state index in [2.05, 4.69) is 21.9 Å². The van der Waals surface area contributed by atoms with E-state index >= 15 is 0 Å². The van der Waals surface area contributed by atoms with Crippen molar-refractivity contribution < 1.29 is 14.4 Å². The highest BCUT2D eigenvalue weighted by Gasteiger charge is 2.28. The third-order valence-electron chi connectivity index (χ3n) is 5.50. The van der Waals surface area contributed by atoms with E-state index in [1.165, 1.54) is 0 Å². The first-order valence-corrected chi connectivity index (χ1v) is 10.1. The van der Waals surface area contributed by atoms with Gasteiger partial charge in [0.15, 0.2) is 0 Å². The number of aromatic nitrogens is 2. The minimum absolute atomic E-state index is 0.0433. The molecule has 2 saturated heterocycles. The molecule has 2 aromatic rings. The van der Waals surface area contributed by atoms with E-state index in [0.29, 0.717) is 31.9 Å². The van der Waals surface area contributed by atoms with Crippen molar-refractivity contribution in [3.05, 3.63) is 42.4 Å². The molecule has 0 unspecified atom stereocenters. The van der Waals surface area contributed by atoms with Crippen molar-refractivity contribution in [2.75, 3.05) is 31.1 Å². The van der Waals surface area contributed by atoms with Crippen molar-refractivity contribution in [1.82, 2.24) is 24.7 Å². The number of carbonyl (C=O) groups excluding carboxylic acids is 3. The lowest BCUT2D eigenvalue weighted by Gasteiger charge is -2.37. The van der Waals surface area contributed by atoms with Crippen LogP contribution in [0.15, 0.2) is 36.8 Å². The summed E-state index contributed by atoms with van der Waals surface area (Å²) in [4.78, 5) is 41.6. The zero-order valence-electron chi connectivity index (χ0n) is 17.3. The van der Waals surface area contributed by atoms with Crippen molar-refractivity contribution in [1.29, 1.82) is 0 Å². The molecule has 0 radical (unpaired) electrons. The Hall–Kier alpha value is -3.20. The molecule has 0 aliphatic carbocycles. The fourth-order valence-electron chi connectivity index (χ4n) is 3.90. The van der Waals surface area contributed by atoms with Crippen LogP contribution >= 0.6 is 0 Å². The van der Waals surface area contributed by atoms with Gasteiger partial charge in [0.2, 0.25) is 11.8 Å². The summed E-state index contributed by atoms with van der Waals surface area (Å²) in [6, 6.07) is 3.59.